The zero-order valence-electron chi connectivity index (χ0n) is 15.1. The predicted molar refractivity (Wildman–Crippen MR) is 110 cm³/mol. The number of anilines is 1. The van der Waals surface area contributed by atoms with Crippen LogP contribution in [0.15, 0.2) is 53.9 Å². The second-order valence-corrected chi connectivity index (χ2v) is 7.78. The Bertz CT molecular complexity index is 963. The average Bonchev–Trinajstić information content (AvgIpc) is 3.39. The summed E-state index contributed by atoms with van der Waals surface area (Å²) >= 11 is 2.69. The van der Waals surface area contributed by atoms with E-state index < -0.39 is 11.8 Å². The Labute approximate surface area is 170 Å². The van der Waals surface area contributed by atoms with Crippen LogP contribution in [0.5, 0.6) is 5.75 Å². The van der Waals surface area contributed by atoms with Crippen LogP contribution in [0.2, 0.25) is 0 Å². The average molecular weight is 415 g/mol. The second kappa shape index (κ2) is 9.29. The van der Waals surface area contributed by atoms with Crippen molar-refractivity contribution < 1.29 is 19.1 Å². The van der Waals surface area contributed by atoms with Crippen LogP contribution in [0.1, 0.15) is 26.3 Å². The summed E-state index contributed by atoms with van der Waals surface area (Å²) in [5.74, 6) is -0.842. The molecule has 2 N–H and O–H groups in total. The monoisotopic (exact) mass is 414 g/mol. The van der Waals surface area contributed by atoms with Crippen molar-refractivity contribution in [3.05, 3.63) is 68.5 Å². The van der Waals surface area contributed by atoms with Crippen molar-refractivity contribution in [2.45, 2.75) is 13.5 Å². The standard InChI is InChI=1S/C20H18N2O4S2/c1-2-26-14-7-5-13(6-8-14)22-20(25)19(24)21-12-15-9-10-17(28-15)18(23)16-4-3-11-27-16/h3-11H,2,12H2,1H3,(H,21,24)(H,22,25). The lowest BCUT2D eigenvalue weighted by atomic mass is 10.3. The van der Waals surface area contributed by atoms with Gasteiger partial charge in [0.1, 0.15) is 5.75 Å². The largest absolute Gasteiger partial charge is 0.494 e. The molecule has 0 spiro atoms. The molecule has 0 saturated heterocycles. The molecule has 6 nitrogen and oxygen atoms in total. The Hall–Kier alpha value is -2.97. The fourth-order valence-electron chi connectivity index (χ4n) is 2.36. The van der Waals surface area contributed by atoms with E-state index in [4.69, 9.17) is 4.74 Å². The summed E-state index contributed by atoms with van der Waals surface area (Å²) in [5.41, 5.74) is 0.503. The van der Waals surface area contributed by atoms with E-state index >= 15 is 0 Å². The molecule has 2 amide bonds. The highest BCUT2D eigenvalue weighted by Gasteiger charge is 2.16. The lowest BCUT2D eigenvalue weighted by molar-refractivity contribution is -0.136. The fraction of sp³-hybridized carbons (Fsp3) is 0.150. The van der Waals surface area contributed by atoms with Gasteiger partial charge in [-0.15, -0.1) is 22.7 Å². The van der Waals surface area contributed by atoms with E-state index in [0.717, 1.165) is 4.88 Å². The molecule has 0 bridgehead atoms. The molecule has 2 aromatic heterocycles. The molecule has 0 unspecified atom stereocenters. The number of benzene rings is 1. The quantitative estimate of drug-likeness (QED) is 0.456. The minimum atomic E-state index is -0.754. The van der Waals surface area contributed by atoms with Crippen molar-refractivity contribution >= 4 is 46.0 Å². The van der Waals surface area contributed by atoms with Crippen molar-refractivity contribution in [3.63, 3.8) is 0 Å². The van der Waals surface area contributed by atoms with Crippen LogP contribution in [0, 0.1) is 0 Å². The number of amides is 2. The van der Waals surface area contributed by atoms with Crippen LogP contribution in [0.4, 0.5) is 5.69 Å². The topological polar surface area (TPSA) is 84.5 Å². The lowest BCUT2D eigenvalue weighted by Crippen LogP contribution is -2.34. The summed E-state index contributed by atoms with van der Waals surface area (Å²) in [6, 6.07) is 13.9. The molecule has 0 saturated carbocycles. The first-order chi connectivity index (χ1) is 13.6. The van der Waals surface area contributed by atoms with Gasteiger partial charge in [-0.05, 0) is 54.8 Å². The maximum atomic E-state index is 12.3. The molecule has 0 aliphatic rings. The Morgan fingerprint density at radius 2 is 1.75 bits per heavy atom. The molecule has 0 atom stereocenters. The van der Waals surface area contributed by atoms with Gasteiger partial charge in [-0.3, -0.25) is 14.4 Å². The molecule has 0 aliphatic heterocycles. The van der Waals surface area contributed by atoms with E-state index in [1.54, 1.807) is 42.5 Å². The van der Waals surface area contributed by atoms with Crippen LogP contribution in [0.25, 0.3) is 0 Å². The van der Waals surface area contributed by atoms with Crippen LogP contribution < -0.4 is 15.4 Å². The van der Waals surface area contributed by atoms with Crippen molar-refractivity contribution in [2.24, 2.45) is 0 Å². The van der Waals surface area contributed by atoms with E-state index in [1.807, 2.05) is 18.4 Å². The van der Waals surface area contributed by atoms with Gasteiger partial charge in [-0.1, -0.05) is 6.07 Å². The van der Waals surface area contributed by atoms with Crippen LogP contribution in [0.3, 0.4) is 0 Å². The van der Waals surface area contributed by atoms with Crippen molar-refractivity contribution in [1.82, 2.24) is 5.32 Å². The maximum absolute atomic E-state index is 12.3. The minimum Gasteiger partial charge on any atom is -0.494 e. The number of hydrogen-bond donors (Lipinski definition) is 2. The summed E-state index contributed by atoms with van der Waals surface area (Å²) < 4.78 is 5.33. The molecule has 3 aromatic rings. The molecule has 144 valence electrons. The SMILES string of the molecule is CCOc1ccc(NC(=O)C(=O)NCc2ccc(C(=O)c3cccs3)s2)cc1. The molecule has 2 heterocycles. The number of ketones is 1. The lowest BCUT2D eigenvalue weighted by Gasteiger charge is -2.07. The molecule has 1 aromatic carbocycles. The first-order valence-electron chi connectivity index (χ1n) is 8.55. The fourth-order valence-corrected chi connectivity index (χ4v) is 4.00. The van der Waals surface area contributed by atoms with Crippen LogP contribution in [-0.2, 0) is 16.1 Å². The van der Waals surface area contributed by atoms with Gasteiger partial charge in [-0.2, -0.15) is 0 Å². The number of nitrogens with one attached hydrogen (secondary N) is 2. The number of carbonyl (C=O) groups is 3. The van der Waals surface area contributed by atoms with Crippen molar-refractivity contribution in [1.29, 1.82) is 0 Å². The highest BCUT2D eigenvalue weighted by atomic mass is 32.1. The molecule has 8 heteroatoms. The van der Waals surface area contributed by atoms with Gasteiger partial charge in [0.05, 0.1) is 22.9 Å². The minimum absolute atomic E-state index is 0.0363. The normalized spacial score (nSPS) is 10.3. The Kier molecular flexibility index (Phi) is 6.57. The van der Waals surface area contributed by atoms with Gasteiger partial charge in [0.2, 0.25) is 5.78 Å². The van der Waals surface area contributed by atoms with Gasteiger partial charge >= 0.3 is 11.8 Å². The zero-order chi connectivity index (χ0) is 19.9. The molecule has 0 radical (unpaired) electrons. The third-order valence-electron chi connectivity index (χ3n) is 3.68. The van der Waals surface area contributed by atoms with Crippen molar-refractivity contribution in [2.75, 3.05) is 11.9 Å². The number of thiophene rings is 2. The van der Waals surface area contributed by atoms with E-state index in [0.29, 0.717) is 27.8 Å². The van der Waals surface area contributed by atoms with E-state index in [-0.39, 0.29) is 12.3 Å². The van der Waals surface area contributed by atoms with Gasteiger partial charge in [0.25, 0.3) is 0 Å². The zero-order valence-corrected chi connectivity index (χ0v) is 16.7. The summed E-state index contributed by atoms with van der Waals surface area (Å²) in [5, 5.41) is 6.95. The Morgan fingerprint density at radius 1 is 0.964 bits per heavy atom. The Morgan fingerprint density at radius 3 is 2.43 bits per heavy atom. The van der Waals surface area contributed by atoms with Crippen molar-refractivity contribution in [3.8, 4) is 5.75 Å². The summed E-state index contributed by atoms with van der Waals surface area (Å²) in [6.07, 6.45) is 0. The number of hydrogen-bond acceptors (Lipinski definition) is 6. The molecule has 0 fully saturated rings. The molecule has 3 rings (SSSR count). The first-order valence-corrected chi connectivity index (χ1v) is 10.3. The molecule has 0 aliphatic carbocycles. The van der Waals surface area contributed by atoms with Gasteiger partial charge in [0, 0.05) is 10.6 Å². The molecule has 28 heavy (non-hydrogen) atoms. The molecular weight excluding hydrogens is 396 g/mol. The second-order valence-electron chi connectivity index (χ2n) is 5.67. The van der Waals surface area contributed by atoms with Gasteiger partial charge < -0.3 is 15.4 Å². The third-order valence-corrected chi connectivity index (χ3v) is 5.64. The van der Waals surface area contributed by atoms with E-state index in [2.05, 4.69) is 10.6 Å². The number of ether oxygens (including phenoxy) is 1. The van der Waals surface area contributed by atoms with Gasteiger partial charge in [0.15, 0.2) is 0 Å². The number of rotatable bonds is 7. The maximum Gasteiger partial charge on any atom is 0.313 e. The molecular formula is C20H18N2O4S2. The van der Waals surface area contributed by atoms with Crippen LogP contribution in [-0.4, -0.2) is 24.2 Å². The predicted octanol–water partition coefficient (Wildman–Crippen LogP) is 3.69. The van der Waals surface area contributed by atoms with E-state index in [1.165, 1.54) is 22.7 Å². The third kappa shape index (κ3) is 5.05. The number of carbonyl (C=O) groups excluding carboxylic acids is 3. The highest BCUT2D eigenvalue weighted by Crippen LogP contribution is 2.22. The first kappa shape index (κ1) is 19.8. The highest BCUT2D eigenvalue weighted by molar-refractivity contribution is 7.16. The summed E-state index contributed by atoms with van der Waals surface area (Å²) in [7, 11) is 0. The smallest absolute Gasteiger partial charge is 0.313 e. The summed E-state index contributed by atoms with van der Waals surface area (Å²) in [6.45, 7) is 2.62. The summed E-state index contributed by atoms with van der Waals surface area (Å²) in [4.78, 5) is 38.4. The van der Waals surface area contributed by atoms with Gasteiger partial charge in [-0.25, -0.2) is 0 Å². The van der Waals surface area contributed by atoms with E-state index in [9.17, 15) is 14.4 Å². The Balaban J connectivity index is 1.51. The van der Waals surface area contributed by atoms with Crippen LogP contribution >= 0.6 is 22.7 Å².